The maximum Gasteiger partial charge on any atom is 0.288 e. The van der Waals surface area contributed by atoms with Crippen molar-refractivity contribution in [3.63, 3.8) is 0 Å². The van der Waals surface area contributed by atoms with Crippen LogP contribution < -0.4 is 10.6 Å². The van der Waals surface area contributed by atoms with E-state index in [4.69, 9.17) is 50.8 Å². The lowest BCUT2D eigenvalue weighted by Gasteiger charge is -2.27. The van der Waals surface area contributed by atoms with E-state index in [1.807, 2.05) is 0 Å². The predicted molar refractivity (Wildman–Crippen MR) is 93.0 cm³/mol. The van der Waals surface area contributed by atoms with Crippen molar-refractivity contribution in [3.05, 3.63) is 51.9 Å². The van der Waals surface area contributed by atoms with E-state index in [0.29, 0.717) is 15.2 Å². The molecule has 0 aliphatic heterocycles. The molecule has 0 saturated carbocycles. The van der Waals surface area contributed by atoms with Crippen LogP contribution in [-0.4, -0.2) is 15.9 Å². The number of alkyl halides is 3. The number of carbonyl (C=O) groups excluding carboxylic acids is 1. The van der Waals surface area contributed by atoms with Crippen molar-refractivity contribution in [2.45, 2.75) is 9.96 Å². The van der Waals surface area contributed by atoms with E-state index in [1.54, 1.807) is 24.3 Å². The third kappa shape index (κ3) is 4.96. The Morgan fingerprint density at radius 3 is 2.36 bits per heavy atom. The fraction of sp³-hybridized carbons (Fsp3) is 0.154. The number of anilines is 1. The fourth-order valence-electron chi connectivity index (χ4n) is 1.55. The van der Waals surface area contributed by atoms with Gasteiger partial charge < -0.3 is 15.1 Å². The molecule has 4 nitrogen and oxygen atoms in total. The van der Waals surface area contributed by atoms with Gasteiger partial charge in [0.25, 0.3) is 5.91 Å². The van der Waals surface area contributed by atoms with Gasteiger partial charge in [-0.1, -0.05) is 46.4 Å². The van der Waals surface area contributed by atoms with E-state index in [-0.39, 0.29) is 5.76 Å². The zero-order valence-electron chi connectivity index (χ0n) is 10.7. The van der Waals surface area contributed by atoms with Crippen LogP contribution in [0.3, 0.4) is 0 Å². The number of benzene rings is 1. The van der Waals surface area contributed by atoms with E-state index in [2.05, 4.69) is 26.6 Å². The number of hydrogen-bond donors (Lipinski definition) is 2. The monoisotopic (exact) mass is 444 g/mol. The molecule has 2 aromatic rings. The molecule has 0 aliphatic rings. The maximum atomic E-state index is 12.1. The van der Waals surface area contributed by atoms with E-state index in [1.165, 1.54) is 12.3 Å². The van der Waals surface area contributed by atoms with E-state index in [9.17, 15) is 4.79 Å². The summed E-state index contributed by atoms with van der Waals surface area (Å²) < 4.78 is 3.93. The van der Waals surface area contributed by atoms with Crippen molar-refractivity contribution in [2.75, 3.05) is 5.32 Å². The highest BCUT2D eigenvalue weighted by molar-refractivity contribution is 9.10. The Morgan fingerprint density at radius 1 is 1.23 bits per heavy atom. The standard InChI is InChI=1S/C13H9BrCl4N2O2/c14-7-5-10(22-6-7)11(21)20-12(13(16,17)18)19-9-3-1-8(15)2-4-9/h1-6,12,19H,(H,20,21). The zero-order chi connectivity index (χ0) is 16.3. The first-order valence-electron chi connectivity index (χ1n) is 5.89. The molecule has 0 saturated heterocycles. The first-order chi connectivity index (χ1) is 10.3. The molecule has 22 heavy (non-hydrogen) atoms. The minimum atomic E-state index is -1.78. The molecule has 1 heterocycles. The van der Waals surface area contributed by atoms with Gasteiger partial charge in [-0.05, 0) is 40.2 Å². The molecule has 0 aliphatic carbocycles. The highest BCUT2D eigenvalue weighted by atomic mass is 79.9. The first-order valence-corrected chi connectivity index (χ1v) is 8.20. The van der Waals surface area contributed by atoms with E-state index < -0.39 is 15.9 Å². The molecule has 0 radical (unpaired) electrons. The third-order valence-corrected chi connectivity index (χ3v) is 3.87. The Hall–Kier alpha value is -0.590. The molecule has 0 fully saturated rings. The molecule has 1 aromatic carbocycles. The lowest BCUT2D eigenvalue weighted by Crippen LogP contribution is -2.49. The number of hydrogen-bond acceptors (Lipinski definition) is 3. The Labute approximate surface area is 155 Å². The lowest BCUT2D eigenvalue weighted by atomic mass is 10.3. The summed E-state index contributed by atoms with van der Waals surface area (Å²) in [5, 5.41) is 6.04. The summed E-state index contributed by atoms with van der Waals surface area (Å²) in [5.74, 6) is -0.437. The number of nitrogens with one attached hydrogen (secondary N) is 2. The quantitative estimate of drug-likeness (QED) is 0.499. The van der Waals surface area contributed by atoms with Gasteiger partial charge >= 0.3 is 0 Å². The van der Waals surface area contributed by atoms with Crippen LogP contribution in [0.5, 0.6) is 0 Å². The van der Waals surface area contributed by atoms with Crippen molar-refractivity contribution >= 4 is 73.9 Å². The Kier molecular flexibility index (Phi) is 5.91. The Bertz CT molecular complexity index is 655. The highest BCUT2D eigenvalue weighted by Gasteiger charge is 2.34. The minimum absolute atomic E-state index is 0.0871. The zero-order valence-corrected chi connectivity index (χ0v) is 15.4. The van der Waals surface area contributed by atoms with Crippen LogP contribution >= 0.6 is 62.3 Å². The Morgan fingerprint density at radius 2 is 1.86 bits per heavy atom. The molecule has 1 atom stereocenters. The molecule has 1 unspecified atom stereocenters. The van der Waals surface area contributed by atoms with Crippen LogP contribution in [0.2, 0.25) is 5.02 Å². The molecule has 2 N–H and O–H groups in total. The summed E-state index contributed by atoms with van der Waals surface area (Å²) in [6, 6.07) is 8.24. The second kappa shape index (κ2) is 7.32. The first kappa shape index (κ1) is 17.8. The van der Waals surface area contributed by atoms with Crippen molar-refractivity contribution in [1.82, 2.24) is 5.32 Å². The minimum Gasteiger partial charge on any atom is -0.458 e. The van der Waals surface area contributed by atoms with Gasteiger partial charge in [0.15, 0.2) is 5.76 Å². The van der Waals surface area contributed by atoms with Crippen LogP contribution in [0.1, 0.15) is 10.6 Å². The molecule has 9 heteroatoms. The van der Waals surface area contributed by atoms with Gasteiger partial charge in [0, 0.05) is 16.8 Å². The fourth-order valence-corrected chi connectivity index (χ4v) is 2.30. The van der Waals surface area contributed by atoms with Crippen LogP contribution in [0, 0.1) is 0 Å². The van der Waals surface area contributed by atoms with E-state index in [0.717, 1.165) is 0 Å². The van der Waals surface area contributed by atoms with Crippen molar-refractivity contribution in [3.8, 4) is 0 Å². The third-order valence-electron chi connectivity index (χ3n) is 2.55. The molecule has 1 aromatic heterocycles. The van der Waals surface area contributed by atoms with Crippen LogP contribution in [0.15, 0.2) is 45.5 Å². The summed E-state index contributed by atoms with van der Waals surface area (Å²) >= 11 is 26.7. The van der Waals surface area contributed by atoms with Crippen molar-refractivity contribution < 1.29 is 9.21 Å². The summed E-state index contributed by atoms with van der Waals surface area (Å²) in [5.41, 5.74) is 0.627. The number of halogens is 5. The van der Waals surface area contributed by atoms with Crippen LogP contribution in [0.25, 0.3) is 0 Å². The normalized spacial score (nSPS) is 12.8. The molecule has 2 rings (SSSR count). The van der Waals surface area contributed by atoms with Gasteiger partial charge in [-0.3, -0.25) is 4.79 Å². The van der Waals surface area contributed by atoms with E-state index >= 15 is 0 Å². The summed E-state index contributed by atoms with van der Waals surface area (Å²) in [6.45, 7) is 0. The SMILES string of the molecule is O=C(NC(Nc1ccc(Cl)cc1)C(Cl)(Cl)Cl)c1cc(Br)co1. The number of rotatable bonds is 4. The summed E-state index contributed by atoms with van der Waals surface area (Å²) in [4.78, 5) is 12.1. The summed E-state index contributed by atoms with van der Waals surface area (Å²) in [7, 11) is 0. The Balaban J connectivity index is 2.13. The number of furan rings is 1. The molecular weight excluding hydrogens is 438 g/mol. The second-order valence-corrected chi connectivity index (χ2v) is 7.95. The van der Waals surface area contributed by atoms with Crippen LogP contribution in [0.4, 0.5) is 5.69 Å². The predicted octanol–water partition coefficient (Wildman–Crippen LogP) is 5.23. The molecule has 118 valence electrons. The van der Waals surface area contributed by atoms with Gasteiger partial charge in [-0.15, -0.1) is 0 Å². The molecule has 1 amide bonds. The maximum absolute atomic E-state index is 12.1. The largest absolute Gasteiger partial charge is 0.458 e. The summed E-state index contributed by atoms with van der Waals surface area (Å²) in [6.07, 6.45) is 0.404. The molecule has 0 bridgehead atoms. The van der Waals surface area contributed by atoms with Crippen molar-refractivity contribution in [2.24, 2.45) is 0 Å². The average molecular weight is 447 g/mol. The smallest absolute Gasteiger partial charge is 0.288 e. The highest BCUT2D eigenvalue weighted by Crippen LogP contribution is 2.31. The number of carbonyl (C=O) groups is 1. The van der Waals surface area contributed by atoms with Gasteiger partial charge in [-0.2, -0.15) is 0 Å². The average Bonchev–Trinajstić information content (AvgIpc) is 2.86. The van der Waals surface area contributed by atoms with Gasteiger partial charge in [0.2, 0.25) is 3.79 Å². The van der Waals surface area contributed by atoms with Gasteiger partial charge in [0.1, 0.15) is 12.4 Å². The lowest BCUT2D eigenvalue weighted by molar-refractivity contribution is 0.0914. The van der Waals surface area contributed by atoms with Crippen LogP contribution in [-0.2, 0) is 0 Å². The number of amides is 1. The van der Waals surface area contributed by atoms with Gasteiger partial charge in [0.05, 0.1) is 4.47 Å². The van der Waals surface area contributed by atoms with Crippen molar-refractivity contribution in [1.29, 1.82) is 0 Å². The second-order valence-electron chi connectivity index (χ2n) is 4.23. The van der Waals surface area contributed by atoms with Gasteiger partial charge in [-0.25, -0.2) is 0 Å². The topological polar surface area (TPSA) is 54.3 Å². The molecular formula is C13H9BrCl4N2O2. The molecule has 0 spiro atoms.